The Hall–Kier alpha value is -3.73. The molecule has 0 aliphatic carbocycles. The highest BCUT2D eigenvalue weighted by molar-refractivity contribution is 6.14. The van der Waals surface area contributed by atoms with Crippen LogP contribution < -0.4 is 5.32 Å². The second-order valence-electron chi connectivity index (χ2n) is 7.15. The van der Waals surface area contributed by atoms with Crippen molar-refractivity contribution in [2.45, 2.75) is 26.9 Å². The Morgan fingerprint density at radius 1 is 0.800 bits per heavy atom. The van der Waals surface area contributed by atoms with Gasteiger partial charge in [0.15, 0.2) is 11.9 Å². The second-order valence-corrected chi connectivity index (χ2v) is 7.15. The molecule has 0 unspecified atom stereocenters. The Bertz CT molecular complexity index is 1090. The molecule has 0 spiro atoms. The van der Waals surface area contributed by atoms with E-state index in [1.54, 1.807) is 36.4 Å². The van der Waals surface area contributed by atoms with Crippen LogP contribution in [-0.2, 0) is 9.53 Å². The number of benzene rings is 3. The first-order valence-corrected chi connectivity index (χ1v) is 9.64. The van der Waals surface area contributed by atoms with Crippen LogP contribution in [0.1, 0.15) is 44.3 Å². The maximum absolute atomic E-state index is 12.9. The average molecular weight is 401 g/mol. The van der Waals surface area contributed by atoms with Crippen LogP contribution in [0, 0.1) is 13.8 Å². The van der Waals surface area contributed by atoms with Crippen molar-refractivity contribution in [3.05, 3.63) is 101 Å². The van der Waals surface area contributed by atoms with Gasteiger partial charge in [0.25, 0.3) is 5.91 Å². The normalized spacial score (nSPS) is 11.4. The van der Waals surface area contributed by atoms with Crippen LogP contribution in [0.5, 0.6) is 0 Å². The molecular weight excluding hydrogens is 378 g/mol. The Balaban J connectivity index is 1.74. The highest BCUT2D eigenvalue weighted by Gasteiger charge is 2.23. The Morgan fingerprint density at radius 2 is 1.47 bits per heavy atom. The zero-order valence-electron chi connectivity index (χ0n) is 17.1. The monoisotopic (exact) mass is 401 g/mol. The highest BCUT2D eigenvalue weighted by Crippen LogP contribution is 2.18. The van der Waals surface area contributed by atoms with E-state index in [-0.39, 0.29) is 16.9 Å². The molecule has 3 aromatic rings. The SMILES string of the molecule is Cc1ccc(C(=O)c2ccccc2C(=O)O[C@@H](C)C(=O)Nc2cccc(C)c2)cc1. The molecule has 0 aromatic heterocycles. The molecule has 0 bridgehead atoms. The lowest BCUT2D eigenvalue weighted by molar-refractivity contribution is -0.123. The lowest BCUT2D eigenvalue weighted by Crippen LogP contribution is -2.30. The van der Waals surface area contributed by atoms with Crippen molar-refractivity contribution in [3.63, 3.8) is 0 Å². The van der Waals surface area contributed by atoms with Crippen molar-refractivity contribution in [1.82, 2.24) is 0 Å². The summed E-state index contributed by atoms with van der Waals surface area (Å²) in [6.07, 6.45) is -1.03. The predicted octanol–water partition coefficient (Wildman–Crippen LogP) is 4.72. The van der Waals surface area contributed by atoms with Crippen LogP contribution >= 0.6 is 0 Å². The molecule has 5 nitrogen and oxygen atoms in total. The summed E-state index contributed by atoms with van der Waals surface area (Å²) in [6, 6.07) is 20.9. The van der Waals surface area contributed by atoms with Gasteiger partial charge < -0.3 is 10.1 Å². The standard InChI is InChI=1S/C25H23NO4/c1-16-11-13-19(14-12-16)23(27)21-9-4-5-10-22(21)25(29)30-18(3)24(28)26-20-8-6-7-17(2)15-20/h4-15,18H,1-3H3,(H,26,28)/t18-/m0/s1. The number of esters is 1. The number of amides is 1. The number of carbonyl (C=O) groups excluding carboxylic acids is 3. The molecule has 1 atom stereocenters. The molecule has 0 radical (unpaired) electrons. The van der Waals surface area contributed by atoms with Gasteiger partial charge in [-0.2, -0.15) is 0 Å². The average Bonchev–Trinajstić information content (AvgIpc) is 2.73. The van der Waals surface area contributed by atoms with E-state index in [2.05, 4.69) is 5.32 Å². The molecule has 0 aliphatic rings. The van der Waals surface area contributed by atoms with Crippen LogP contribution in [0.25, 0.3) is 0 Å². The minimum absolute atomic E-state index is 0.123. The number of rotatable bonds is 6. The first-order chi connectivity index (χ1) is 14.3. The third-order valence-electron chi connectivity index (χ3n) is 4.64. The second kappa shape index (κ2) is 9.18. The Kier molecular flexibility index (Phi) is 6.42. The van der Waals surface area contributed by atoms with Crippen molar-refractivity contribution in [3.8, 4) is 0 Å². The van der Waals surface area contributed by atoms with Crippen LogP contribution in [0.15, 0.2) is 72.8 Å². The molecule has 30 heavy (non-hydrogen) atoms. The molecule has 0 saturated heterocycles. The number of carbonyl (C=O) groups is 3. The maximum Gasteiger partial charge on any atom is 0.339 e. The molecule has 5 heteroatoms. The molecule has 0 fully saturated rings. The first kappa shape index (κ1) is 21.0. The van der Waals surface area contributed by atoms with Gasteiger partial charge in [-0.3, -0.25) is 9.59 Å². The summed E-state index contributed by atoms with van der Waals surface area (Å²) in [5.74, 6) is -1.45. The van der Waals surface area contributed by atoms with E-state index < -0.39 is 18.0 Å². The fourth-order valence-corrected chi connectivity index (χ4v) is 2.96. The Morgan fingerprint density at radius 3 is 2.13 bits per heavy atom. The van der Waals surface area contributed by atoms with Gasteiger partial charge in [-0.25, -0.2) is 4.79 Å². The van der Waals surface area contributed by atoms with Gasteiger partial charge in [0.2, 0.25) is 0 Å². The summed E-state index contributed by atoms with van der Waals surface area (Å²) in [7, 11) is 0. The van der Waals surface area contributed by atoms with E-state index in [4.69, 9.17) is 4.74 Å². The third kappa shape index (κ3) is 5.00. The molecular formula is C25H23NO4. The maximum atomic E-state index is 12.9. The number of hydrogen-bond acceptors (Lipinski definition) is 4. The quantitative estimate of drug-likeness (QED) is 0.479. The fraction of sp³-hybridized carbons (Fsp3) is 0.160. The Labute approximate surface area is 175 Å². The van der Waals surface area contributed by atoms with E-state index in [0.29, 0.717) is 11.3 Å². The van der Waals surface area contributed by atoms with E-state index in [1.165, 1.54) is 13.0 Å². The van der Waals surface area contributed by atoms with Gasteiger partial charge in [-0.05, 0) is 44.5 Å². The molecule has 1 amide bonds. The summed E-state index contributed by atoms with van der Waals surface area (Å²) < 4.78 is 5.34. The van der Waals surface area contributed by atoms with Crippen molar-refractivity contribution in [2.75, 3.05) is 5.32 Å². The largest absolute Gasteiger partial charge is 0.449 e. The summed E-state index contributed by atoms with van der Waals surface area (Å²) in [6.45, 7) is 5.34. The minimum atomic E-state index is -1.03. The van der Waals surface area contributed by atoms with E-state index >= 15 is 0 Å². The molecule has 0 saturated carbocycles. The van der Waals surface area contributed by atoms with Crippen molar-refractivity contribution >= 4 is 23.3 Å². The van der Waals surface area contributed by atoms with Gasteiger partial charge in [0.05, 0.1) is 5.56 Å². The number of nitrogens with one attached hydrogen (secondary N) is 1. The van der Waals surface area contributed by atoms with E-state index in [9.17, 15) is 14.4 Å². The number of anilines is 1. The summed E-state index contributed by atoms with van der Waals surface area (Å²) in [4.78, 5) is 38.0. The third-order valence-corrected chi connectivity index (χ3v) is 4.64. The topological polar surface area (TPSA) is 72.5 Å². The highest BCUT2D eigenvalue weighted by atomic mass is 16.5. The van der Waals surface area contributed by atoms with Gasteiger partial charge in [-0.1, -0.05) is 60.2 Å². The molecule has 0 aliphatic heterocycles. The molecule has 1 N–H and O–H groups in total. The first-order valence-electron chi connectivity index (χ1n) is 9.64. The van der Waals surface area contributed by atoms with Crippen molar-refractivity contribution < 1.29 is 19.1 Å². The van der Waals surface area contributed by atoms with Crippen molar-refractivity contribution in [1.29, 1.82) is 0 Å². The lowest BCUT2D eigenvalue weighted by atomic mass is 9.98. The summed E-state index contributed by atoms with van der Waals surface area (Å²) >= 11 is 0. The molecule has 152 valence electrons. The van der Waals surface area contributed by atoms with Gasteiger partial charge in [0, 0.05) is 16.8 Å². The van der Waals surface area contributed by atoms with Crippen LogP contribution in [0.4, 0.5) is 5.69 Å². The molecule has 3 aromatic carbocycles. The number of aryl methyl sites for hydroxylation is 2. The van der Waals surface area contributed by atoms with E-state index in [1.807, 2.05) is 44.2 Å². The number of ketones is 1. The van der Waals surface area contributed by atoms with Gasteiger partial charge >= 0.3 is 5.97 Å². The number of hydrogen-bond donors (Lipinski definition) is 1. The summed E-state index contributed by atoms with van der Waals surface area (Å²) in [5.41, 5.74) is 3.49. The minimum Gasteiger partial charge on any atom is -0.449 e. The van der Waals surface area contributed by atoms with Crippen molar-refractivity contribution in [2.24, 2.45) is 0 Å². The fourth-order valence-electron chi connectivity index (χ4n) is 2.96. The van der Waals surface area contributed by atoms with Crippen LogP contribution in [-0.4, -0.2) is 23.8 Å². The lowest BCUT2D eigenvalue weighted by Gasteiger charge is -2.15. The zero-order chi connectivity index (χ0) is 21.7. The smallest absolute Gasteiger partial charge is 0.339 e. The van der Waals surface area contributed by atoms with Gasteiger partial charge in [-0.15, -0.1) is 0 Å². The molecule has 3 rings (SSSR count). The zero-order valence-corrected chi connectivity index (χ0v) is 17.1. The van der Waals surface area contributed by atoms with E-state index in [0.717, 1.165) is 11.1 Å². The number of ether oxygens (including phenoxy) is 1. The van der Waals surface area contributed by atoms with Crippen LogP contribution in [0.2, 0.25) is 0 Å². The predicted molar refractivity (Wildman–Crippen MR) is 116 cm³/mol. The molecule has 0 heterocycles. The summed E-state index contributed by atoms with van der Waals surface area (Å²) in [5, 5.41) is 2.72. The van der Waals surface area contributed by atoms with Crippen LogP contribution in [0.3, 0.4) is 0 Å². The van der Waals surface area contributed by atoms with Gasteiger partial charge in [0.1, 0.15) is 0 Å².